The number of carbonyl (C=O) groups is 3. The number of sulfonamides is 1. The van der Waals surface area contributed by atoms with Gasteiger partial charge in [-0.2, -0.15) is 4.31 Å². The molecule has 0 bridgehead atoms. The summed E-state index contributed by atoms with van der Waals surface area (Å²) in [6.07, 6.45) is 4.41. The molecule has 0 aliphatic heterocycles. The highest BCUT2D eigenvalue weighted by Crippen LogP contribution is 2.28. The Labute approximate surface area is 312 Å². The Bertz CT molecular complexity index is 1800. The van der Waals surface area contributed by atoms with Crippen LogP contribution in [-0.4, -0.2) is 95.2 Å². The van der Waals surface area contributed by atoms with Crippen molar-refractivity contribution in [3.63, 3.8) is 0 Å². The number of benzene rings is 2. The first-order chi connectivity index (χ1) is 25.3. The number of pyridine rings is 1. The highest BCUT2D eigenvalue weighted by atomic mass is 32.2. The van der Waals surface area contributed by atoms with Crippen LogP contribution in [-0.2, 0) is 27.8 Å². The molecule has 4 atom stereocenters. The van der Waals surface area contributed by atoms with Crippen LogP contribution in [0.25, 0.3) is 0 Å². The Hall–Kier alpha value is -4.66. The lowest BCUT2D eigenvalue weighted by Gasteiger charge is -2.33. The number of nitrogens with zero attached hydrogens (tertiary/aromatic N) is 4. The zero-order valence-electron chi connectivity index (χ0n) is 30.9. The summed E-state index contributed by atoms with van der Waals surface area (Å²) < 4.78 is 29.5. The molecule has 1 heterocycles. The van der Waals surface area contributed by atoms with Crippen LogP contribution in [0.2, 0.25) is 0 Å². The van der Waals surface area contributed by atoms with Gasteiger partial charge in [-0.15, -0.1) is 0 Å². The largest absolute Gasteiger partial charge is 0.411 e. The Morgan fingerprint density at radius 3 is 2.30 bits per heavy atom. The number of urea groups is 1. The van der Waals surface area contributed by atoms with E-state index in [0.29, 0.717) is 17.7 Å². The van der Waals surface area contributed by atoms with Crippen molar-refractivity contribution in [1.82, 2.24) is 24.8 Å². The number of ketones is 1. The van der Waals surface area contributed by atoms with E-state index in [1.165, 1.54) is 46.6 Å². The second-order valence-corrected chi connectivity index (χ2v) is 15.8. The van der Waals surface area contributed by atoms with E-state index in [-0.39, 0.29) is 54.3 Å². The van der Waals surface area contributed by atoms with Crippen molar-refractivity contribution >= 4 is 34.0 Å². The first-order valence-electron chi connectivity index (χ1n) is 18.1. The van der Waals surface area contributed by atoms with Crippen molar-refractivity contribution in [2.75, 3.05) is 20.1 Å². The Kier molecular flexibility index (Phi) is 15.1. The maximum atomic E-state index is 14.1. The third-order valence-electron chi connectivity index (χ3n) is 9.83. The normalized spacial score (nSPS) is 15.9. The zero-order valence-corrected chi connectivity index (χ0v) is 31.7. The second kappa shape index (κ2) is 19.4. The molecule has 0 unspecified atom stereocenters. The van der Waals surface area contributed by atoms with Gasteiger partial charge in [0.1, 0.15) is 11.7 Å². The lowest BCUT2D eigenvalue weighted by molar-refractivity contribution is -0.125. The maximum Gasteiger partial charge on any atom is 0.318 e. The van der Waals surface area contributed by atoms with Crippen molar-refractivity contribution in [3.05, 3.63) is 95.3 Å². The summed E-state index contributed by atoms with van der Waals surface area (Å²) in [6, 6.07) is 17.9. The number of Topliss-reactive ketones (excluding diaryl/α,β-unsaturated/α-hetero) is 1. The number of aliphatic hydroxyl groups is 1. The van der Waals surface area contributed by atoms with E-state index in [4.69, 9.17) is 5.21 Å². The third kappa shape index (κ3) is 11.7. The molecule has 4 rings (SSSR count). The minimum atomic E-state index is -4.08. The summed E-state index contributed by atoms with van der Waals surface area (Å²) >= 11 is 0. The molecule has 3 aromatic rings. The fourth-order valence-corrected chi connectivity index (χ4v) is 8.01. The fourth-order valence-electron chi connectivity index (χ4n) is 6.48. The summed E-state index contributed by atoms with van der Waals surface area (Å²) in [6.45, 7) is 5.21. The molecule has 14 heteroatoms. The average molecular weight is 749 g/mol. The van der Waals surface area contributed by atoms with Crippen LogP contribution in [0.4, 0.5) is 4.79 Å². The molecule has 1 fully saturated rings. The van der Waals surface area contributed by atoms with Crippen molar-refractivity contribution in [2.45, 2.75) is 88.9 Å². The minimum absolute atomic E-state index is 0.0355. The van der Waals surface area contributed by atoms with E-state index in [1.807, 2.05) is 44.2 Å². The van der Waals surface area contributed by atoms with Crippen LogP contribution in [0.5, 0.6) is 0 Å². The number of aromatic nitrogens is 1. The van der Waals surface area contributed by atoms with Gasteiger partial charge in [0.15, 0.2) is 5.78 Å². The Morgan fingerprint density at radius 1 is 1.00 bits per heavy atom. The van der Waals surface area contributed by atoms with Gasteiger partial charge in [-0.3, -0.25) is 9.59 Å². The monoisotopic (exact) mass is 748 g/mol. The van der Waals surface area contributed by atoms with Crippen LogP contribution < -0.4 is 10.6 Å². The number of carbonyl (C=O) groups excluding carboxylic acids is 3. The Balaban J connectivity index is 1.57. The fraction of sp³-hybridized carbons (Fsp3) is 0.462. The van der Waals surface area contributed by atoms with Gasteiger partial charge in [-0.1, -0.05) is 86.8 Å². The quantitative estimate of drug-likeness (QED) is 0.0630. The molecule has 3 amide bonds. The van der Waals surface area contributed by atoms with Gasteiger partial charge in [0.2, 0.25) is 15.9 Å². The van der Waals surface area contributed by atoms with Crippen molar-refractivity contribution in [1.29, 1.82) is 0 Å². The summed E-state index contributed by atoms with van der Waals surface area (Å²) in [5, 5.41) is 29.6. The number of hydrogen-bond acceptors (Lipinski definition) is 9. The van der Waals surface area contributed by atoms with E-state index in [0.717, 1.165) is 31.2 Å². The number of hydrogen-bond donors (Lipinski definition) is 4. The molecule has 53 heavy (non-hydrogen) atoms. The highest BCUT2D eigenvalue weighted by molar-refractivity contribution is 7.89. The van der Waals surface area contributed by atoms with Gasteiger partial charge in [-0.25, -0.2) is 18.2 Å². The molecular formula is C39H52N6O7S. The molecular weight excluding hydrogens is 697 g/mol. The molecule has 2 aromatic carbocycles. The molecule has 0 spiro atoms. The Morgan fingerprint density at radius 2 is 1.68 bits per heavy atom. The molecule has 0 saturated heterocycles. The molecule has 13 nitrogen and oxygen atoms in total. The smallest absolute Gasteiger partial charge is 0.318 e. The van der Waals surface area contributed by atoms with Crippen molar-refractivity contribution in [2.24, 2.45) is 17.0 Å². The van der Waals surface area contributed by atoms with E-state index in [1.54, 1.807) is 25.2 Å². The molecule has 1 aromatic heterocycles. The summed E-state index contributed by atoms with van der Waals surface area (Å²) in [5.74, 6) is -0.868. The predicted molar refractivity (Wildman–Crippen MR) is 202 cm³/mol. The van der Waals surface area contributed by atoms with E-state index < -0.39 is 40.1 Å². The van der Waals surface area contributed by atoms with Crippen LogP contribution in [0.3, 0.4) is 0 Å². The average Bonchev–Trinajstić information content (AvgIpc) is 3.67. The van der Waals surface area contributed by atoms with Crippen LogP contribution in [0, 0.1) is 11.8 Å². The van der Waals surface area contributed by atoms with E-state index in [9.17, 15) is 27.9 Å². The van der Waals surface area contributed by atoms with Crippen LogP contribution >= 0.6 is 0 Å². The molecule has 286 valence electrons. The maximum absolute atomic E-state index is 14.1. The van der Waals surface area contributed by atoms with Gasteiger partial charge in [-0.05, 0) is 66.5 Å². The standard InChI is InChI=1S/C39H52N6O7S/c1-5-27(2)37(43-39(49)44(4)25-32-16-11-17-34(41-32)28(3)46)38(48)42-35(22-29-12-7-6-8-13-29)36(47)26-45(24-31-14-9-10-15-31)53(51,52)33-20-18-30(19-21-33)23-40-50/h6-8,11-13,16-21,23,27,31,35-37,47,50H,5,9-10,14-15,22,24-26H2,1-4H3,(H,42,48)(H,43,49)/t27-,35-,36-,37-/m0/s1. The van der Waals surface area contributed by atoms with Gasteiger partial charge >= 0.3 is 6.03 Å². The number of oxime groups is 1. The number of nitrogens with one attached hydrogen (secondary N) is 2. The van der Waals surface area contributed by atoms with Gasteiger partial charge in [0.25, 0.3) is 0 Å². The predicted octanol–water partition coefficient (Wildman–Crippen LogP) is 4.62. The van der Waals surface area contributed by atoms with E-state index in [2.05, 4.69) is 20.8 Å². The van der Waals surface area contributed by atoms with Crippen LogP contribution in [0.1, 0.15) is 80.2 Å². The molecule has 1 aliphatic rings. The highest BCUT2D eigenvalue weighted by Gasteiger charge is 2.35. The molecule has 1 saturated carbocycles. The third-order valence-corrected chi connectivity index (χ3v) is 11.7. The van der Waals surface area contributed by atoms with Crippen LogP contribution in [0.15, 0.2) is 82.8 Å². The minimum Gasteiger partial charge on any atom is -0.411 e. The molecule has 1 aliphatic carbocycles. The first kappa shape index (κ1) is 41.1. The van der Waals surface area contributed by atoms with Gasteiger partial charge in [0.05, 0.1) is 35.5 Å². The topological polar surface area (TPSA) is 182 Å². The molecule has 0 radical (unpaired) electrons. The second-order valence-electron chi connectivity index (χ2n) is 13.9. The van der Waals surface area contributed by atoms with Crippen molar-refractivity contribution in [3.8, 4) is 0 Å². The first-order valence-corrected chi connectivity index (χ1v) is 19.5. The van der Waals surface area contributed by atoms with Gasteiger partial charge < -0.3 is 25.8 Å². The lowest BCUT2D eigenvalue weighted by atomic mass is 9.96. The summed E-state index contributed by atoms with van der Waals surface area (Å²) in [7, 11) is -2.51. The summed E-state index contributed by atoms with van der Waals surface area (Å²) in [5.41, 5.74) is 2.15. The van der Waals surface area contributed by atoms with Crippen molar-refractivity contribution < 1.29 is 33.1 Å². The molecule has 4 N–H and O–H groups in total. The number of amides is 3. The van der Waals surface area contributed by atoms with Gasteiger partial charge in [0, 0.05) is 27.1 Å². The number of rotatable bonds is 18. The SMILES string of the molecule is CC[C@H](C)[C@H](NC(=O)N(C)Cc1cccc(C(C)=O)n1)C(=O)N[C@@H](Cc1ccccc1)[C@@H](O)CN(CC1CCCC1)S(=O)(=O)c1ccc(C=NO)cc1. The summed E-state index contributed by atoms with van der Waals surface area (Å²) in [4.78, 5) is 45.1. The number of aliphatic hydroxyl groups excluding tert-OH is 1. The lowest BCUT2D eigenvalue weighted by Crippen LogP contribution is -2.58. The van der Waals surface area contributed by atoms with E-state index >= 15 is 0 Å². The zero-order chi connectivity index (χ0) is 38.5.